The fraction of sp³-hybridized carbons (Fsp3) is 0.667. The van der Waals surface area contributed by atoms with E-state index in [2.05, 4.69) is 45.8 Å². The molecule has 30 heavy (non-hydrogen) atoms. The Labute approximate surface area is 181 Å². The van der Waals surface area contributed by atoms with Crippen molar-refractivity contribution in [2.24, 2.45) is 10.9 Å². The molecule has 2 fully saturated rings. The van der Waals surface area contributed by atoms with Crippen molar-refractivity contribution < 1.29 is 4.79 Å². The summed E-state index contributed by atoms with van der Waals surface area (Å²) in [7, 11) is 1.81. The lowest BCUT2D eigenvalue weighted by molar-refractivity contribution is -0.119. The SMILES string of the molecule is CN=C(NCc1cccc(NC(=O)C2CCCC2)c1)NCC(C)(C)N1CCCCC1. The second kappa shape index (κ2) is 10.8. The van der Waals surface area contributed by atoms with Crippen LogP contribution < -0.4 is 16.0 Å². The maximum absolute atomic E-state index is 12.4. The summed E-state index contributed by atoms with van der Waals surface area (Å²) in [5.74, 6) is 1.15. The second-order valence-corrected chi connectivity index (χ2v) is 9.31. The van der Waals surface area contributed by atoms with Gasteiger partial charge in [0.2, 0.25) is 5.91 Å². The minimum absolute atomic E-state index is 0.0997. The molecule has 0 atom stereocenters. The molecule has 1 aliphatic carbocycles. The van der Waals surface area contributed by atoms with Gasteiger partial charge in [0, 0.05) is 37.3 Å². The molecular weight excluding hydrogens is 374 g/mol. The molecule has 1 saturated heterocycles. The number of hydrogen-bond acceptors (Lipinski definition) is 3. The van der Waals surface area contributed by atoms with E-state index in [-0.39, 0.29) is 17.4 Å². The number of hydrogen-bond donors (Lipinski definition) is 3. The van der Waals surface area contributed by atoms with E-state index < -0.39 is 0 Å². The molecule has 1 amide bonds. The third-order valence-electron chi connectivity index (χ3n) is 6.50. The molecule has 1 aliphatic heterocycles. The van der Waals surface area contributed by atoms with Crippen LogP contribution in [0.5, 0.6) is 0 Å². The zero-order valence-electron chi connectivity index (χ0n) is 19.0. The van der Waals surface area contributed by atoms with Gasteiger partial charge in [0.1, 0.15) is 0 Å². The smallest absolute Gasteiger partial charge is 0.227 e. The highest BCUT2D eigenvalue weighted by Gasteiger charge is 2.28. The van der Waals surface area contributed by atoms with Gasteiger partial charge < -0.3 is 16.0 Å². The molecule has 0 radical (unpaired) electrons. The highest BCUT2D eigenvalue weighted by atomic mass is 16.1. The van der Waals surface area contributed by atoms with Gasteiger partial charge in [-0.05, 0) is 70.3 Å². The van der Waals surface area contributed by atoms with Crippen LogP contribution in [0.3, 0.4) is 0 Å². The predicted molar refractivity (Wildman–Crippen MR) is 125 cm³/mol. The number of guanidine groups is 1. The van der Waals surface area contributed by atoms with Crippen molar-refractivity contribution in [1.29, 1.82) is 0 Å². The Kier molecular flexibility index (Phi) is 8.14. The first kappa shape index (κ1) is 22.6. The average molecular weight is 414 g/mol. The number of nitrogens with one attached hydrogen (secondary N) is 3. The van der Waals surface area contributed by atoms with Crippen LogP contribution in [0.25, 0.3) is 0 Å². The molecule has 1 heterocycles. The fourth-order valence-electron chi connectivity index (χ4n) is 4.51. The van der Waals surface area contributed by atoms with Gasteiger partial charge >= 0.3 is 0 Å². The van der Waals surface area contributed by atoms with Crippen molar-refractivity contribution in [3.05, 3.63) is 29.8 Å². The maximum Gasteiger partial charge on any atom is 0.227 e. The van der Waals surface area contributed by atoms with Crippen LogP contribution >= 0.6 is 0 Å². The minimum Gasteiger partial charge on any atom is -0.355 e. The molecule has 0 aromatic heterocycles. The Morgan fingerprint density at radius 1 is 1.10 bits per heavy atom. The summed E-state index contributed by atoms with van der Waals surface area (Å²) in [5, 5.41) is 9.98. The van der Waals surface area contributed by atoms with Gasteiger partial charge in [0.05, 0.1) is 0 Å². The van der Waals surface area contributed by atoms with Crippen molar-refractivity contribution in [3.8, 4) is 0 Å². The number of carbonyl (C=O) groups excluding carboxylic acids is 1. The first-order valence-electron chi connectivity index (χ1n) is 11.6. The predicted octanol–water partition coefficient (Wildman–Crippen LogP) is 3.74. The van der Waals surface area contributed by atoms with Crippen LogP contribution in [0, 0.1) is 5.92 Å². The number of aliphatic imine (C=N–C) groups is 1. The molecule has 1 aromatic rings. The van der Waals surface area contributed by atoms with E-state index in [4.69, 9.17) is 0 Å². The normalized spacial score (nSPS) is 19.0. The fourth-order valence-corrected chi connectivity index (χ4v) is 4.51. The van der Waals surface area contributed by atoms with Gasteiger partial charge in [-0.15, -0.1) is 0 Å². The third-order valence-corrected chi connectivity index (χ3v) is 6.50. The van der Waals surface area contributed by atoms with Crippen molar-refractivity contribution in [1.82, 2.24) is 15.5 Å². The summed E-state index contributed by atoms with van der Waals surface area (Å²) >= 11 is 0. The first-order valence-corrected chi connectivity index (χ1v) is 11.6. The van der Waals surface area contributed by atoms with Crippen LogP contribution in [0.2, 0.25) is 0 Å². The maximum atomic E-state index is 12.4. The molecule has 1 saturated carbocycles. The van der Waals surface area contributed by atoms with Gasteiger partial charge in [-0.25, -0.2) is 0 Å². The summed E-state index contributed by atoms with van der Waals surface area (Å²) in [6.45, 7) is 8.48. The van der Waals surface area contributed by atoms with Crippen molar-refractivity contribution >= 4 is 17.6 Å². The lowest BCUT2D eigenvalue weighted by Crippen LogP contribution is -2.54. The second-order valence-electron chi connectivity index (χ2n) is 9.31. The van der Waals surface area contributed by atoms with Gasteiger partial charge in [-0.1, -0.05) is 31.4 Å². The van der Waals surface area contributed by atoms with Crippen LogP contribution in [-0.2, 0) is 11.3 Å². The molecule has 2 aliphatic rings. The molecule has 0 unspecified atom stereocenters. The summed E-state index contributed by atoms with van der Waals surface area (Å²) in [5.41, 5.74) is 2.10. The lowest BCUT2D eigenvalue weighted by atomic mass is 9.98. The van der Waals surface area contributed by atoms with E-state index in [1.165, 1.54) is 45.2 Å². The Hall–Kier alpha value is -2.08. The number of nitrogens with zero attached hydrogens (tertiary/aromatic N) is 2. The number of benzene rings is 1. The quantitative estimate of drug-likeness (QED) is 0.470. The van der Waals surface area contributed by atoms with Gasteiger partial charge in [0.15, 0.2) is 5.96 Å². The standard InChI is InChI=1S/C24H39N5O/c1-24(2,29-14-7-4-8-15-29)18-27-23(25-3)26-17-19-10-9-13-21(16-19)28-22(30)20-11-5-6-12-20/h9-10,13,16,20H,4-8,11-12,14-15,17-18H2,1-3H3,(H,28,30)(H2,25,26,27). The molecule has 0 bridgehead atoms. The number of likely N-dealkylation sites (tertiary alicyclic amines) is 1. The lowest BCUT2D eigenvalue weighted by Gasteiger charge is -2.41. The Morgan fingerprint density at radius 3 is 2.53 bits per heavy atom. The van der Waals surface area contributed by atoms with Crippen LogP contribution in [-0.4, -0.2) is 49.0 Å². The molecule has 3 N–H and O–H groups in total. The van der Waals surface area contributed by atoms with Gasteiger partial charge in [0.25, 0.3) is 0 Å². The Bertz CT molecular complexity index is 718. The molecule has 1 aromatic carbocycles. The molecule has 166 valence electrons. The number of amides is 1. The molecule has 0 spiro atoms. The Balaban J connectivity index is 1.48. The zero-order valence-corrected chi connectivity index (χ0v) is 19.0. The zero-order chi connectivity index (χ0) is 21.4. The van der Waals surface area contributed by atoms with Crippen molar-refractivity contribution in [2.45, 2.75) is 70.9 Å². The minimum atomic E-state index is 0.0997. The van der Waals surface area contributed by atoms with Crippen LogP contribution in [0.1, 0.15) is 64.4 Å². The van der Waals surface area contributed by atoms with E-state index >= 15 is 0 Å². The molecular formula is C24H39N5O. The molecule has 3 rings (SSSR count). The number of anilines is 1. The first-order chi connectivity index (χ1) is 14.5. The van der Waals surface area contributed by atoms with Gasteiger partial charge in [-0.2, -0.15) is 0 Å². The third kappa shape index (κ3) is 6.46. The van der Waals surface area contributed by atoms with Crippen LogP contribution in [0.4, 0.5) is 5.69 Å². The highest BCUT2D eigenvalue weighted by molar-refractivity contribution is 5.92. The largest absolute Gasteiger partial charge is 0.355 e. The van der Waals surface area contributed by atoms with Gasteiger partial charge in [-0.3, -0.25) is 14.7 Å². The summed E-state index contributed by atoms with van der Waals surface area (Å²) in [6.07, 6.45) is 8.31. The van der Waals surface area contributed by atoms with Crippen molar-refractivity contribution in [2.75, 3.05) is 32.0 Å². The molecule has 6 nitrogen and oxygen atoms in total. The summed E-state index contributed by atoms with van der Waals surface area (Å²) in [4.78, 5) is 19.3. The van der Waals surface area contributed by atoms with E-state index in [0.717, 1.165) is 36.6 Å². The summed E-state index contributed by atoms with van der Waals surface area (Å²) in [6, 6.07) is 8.08. The van der Waals surface area contributed by atoms with E-state index in [0.29, 0.717) is 6.54 Å². The number of carbonyl (C=O) groups is 1. The summed E-state index contributed by atoms with van der Waals surface area (Å²) < 4.78 is 0. The Morgan fingerprint density at radius 2 is 1.83 bits per heavy atom. The van der Waals surface area contributed by atoms with Crippen molar-refractivity contribution in [3.63, 3.8) is 0 Å². The molecule has 6 heteroatoms. The number of piperidine rings is 1. The van der Waals surface area contributed by atoms with E-state index in [1.54, 1.807) is 0 Å². The topological polar surface area (TPSA) is 68.8 Å². The average Bonchev–Trinajstić information content (AvgIpc) is 3.30. The van der Waals surface area contributed by atoms with E-state index in [9.17, 15) is 4.79 Å². The number of rotatable bonds is 7. The van der Waals surface area contributed by atoms with Crippen LogP contribution in [0.15, 0.2) is 29.3 Å². The monoisotopic (exact) mass is 413 g/mol. The highest BCUT2D eigenvalue weighted by Crippen LogP contribution is 2.26. The van der Waals surface area contributed by atoms with E-state index in [1.807, 2.05) is 25.2 Å².